The lowest BCUT2D eigenvalue weighted by Crippen LogP contribution is -2.10. The highest BCUT2D eigenvalue weighted by Crippen LogP contribution is 2.39. The maximum absolute atomic E-state index is 2.32. The Morgan fingerprint density at radius 3 is 0.635 bits per heavy atom. The number of rotatable bonds is 9. The molecule has 0 spiro atoms. The normalized spacial score (nSPS) is 10.9. The Morgan fingerprint density at radius 1 is 0.212 bits per heavy atom. The first kappa shape index (κ1) is 32.6. The van der Waals surface area contributed by atoms with E-state index in [2.05, 4.69) is 230 Å². The topological polar surface area (TPSA) is 6.48 Å². The maximum atomic E-state index is 2.32. The summed E-state index contributed by atoms with van der Waals surface area (Å²) in [5, 5.41) is 0. The zero-order valence-corrected chi connectivity index (χ0v) is 29.5. The minimum Gasteiger partial charge on any atom is -0.311 e. The van der Waals surface area contributed by atoms with Gasteiger partial charge >= 0.3 is 0 Å². The van der Waals surface area contributed by atoms with Crippen molar-refractivity contribution in [2.75, 3.05) is 9.80 Å². The zero-order chi connectivity index (χ0) is 35.3. The van der Waals surface area contributed by atoms with Crippen molar-refractivity contribution in [2.24, 2.45) is 0 Å². The fourth-order valence-corrected chi connectivity index (χ4v) is 6.76. The second-order valence-electron chi connectivity index (χ2n) is 13.3. The van der Waals surface area contributed by atoms with E-state index in [1.807, 2.05) is 0 Å². The van der Waals surface area contributed by atoms with E-state index in [0.717, 1.165) is 34.1 Å². The number of hydrogen-bond acceptors (Lipinski definition) is 2. The molecule has 52 heavy (non-hydrogen) atoms. The van der Waals surface area contributed by atoms with E-state index in [9.17, 15) is 0 Å². The third-order valence-corrected chi connectivity index (χ3v) is 9.63. The molecule has 0 aliphatic rings. The van der Waals surface area contributed by atoms with Crippen molar-refractivity contribution in [3.05, 3.63) is 217 Å². The van der Waals surface area contributed by atoms with Crippen LogP contribution < -0.4 is 9.80 Å². The summed E-state index contributed by atoms with van der Waals surface area (Å²) in [5.41, 5.74) is 16.4. The summed E-state index contributed by atoms with van der Waals surface area (Å²) in [6, 6.07) is 74.0. The molecule has 0 radical (unpaired) electrons. The van der Waals surface area contributed by atoms with Crippen LogP contribution in [0.15, 0.2) is 206 Å². The monoisotopic (exact) mass is 668 g/mol. The molecule has 250 valence electrons. The van der Waals surface area contributed by atoms with Gasteiger partial charge in [0, 0.05) is 34.1 Å². The first-order valence-corrected chi connectivity index (χ1v) is 17.8. The lowest BCUT2D eigenvalue weighted by molar-refractivity contribution is 1.27. The van der Waals surface area contributed by atoms with Crippen LogP contribution in [0.1, 0.15) is 11.1 Å². The van der Waals surface area contributed by atoms with Crippen LogP contribution in [0.25, 0.3) is 33.4 Å². The van der Waals surface area contributed by atoms with E-state index in [1.165, 1.54) is 44.5 Å². The summed E-state index contributed by atoms with van der Waals surface area (Å²) in [6.07, 6.45) is 0. The van der Waals surface area contributed by atoms with Crippen molar-refractivity contribution < 1.29 is 0 Å². The first-order chi connectivity index (χ1) is 25.6. The van der Waals surface area contributed by atoms with Gasteiger partial charge in [0.2, 0.25) is 0 Å². The second-order valence-corrected chi connectivity index (χ2v) is 13.3. The van der Waals surface area contributed by atoms with Gasteiger partial charge in [0.05, 0.1) is 0 Å². The third-order valence-electron chi connectivity index (χ3n) is 9.63. The van der Waals surface area contributed by atoms with Crippen LogP contribution in [0, 0.1) is 13.8 Å². The molecule has 0 N–H and O–H groups in total. The molecule has 0 aliphatic carbocycles. The van der Waals surface area contributed by atoms with Crippen LogP contribution in [0.4, 0.5) is 34.1 Å². The molecule has 0 atom stereocenters. The van der Waals surface area contributed by atoms with E-state index in [1.54, 1.807) is 0 Å². The van der Waals surface area contributed by atoms with Crippen LogP contribution in [-0.2, 0) is 0 Å². The molecule has 0 heterocycles. The Balaban J connectivity index is 1.09. The van der Waals surface area contributed by atoms with Gasteiger partial charge < -0.3 is 9.80 Å². The van der Waals surface area contributed by atoms with Crippen LogP contribution in [-0.4, -0.2) is 0 Å². The van der Waals surface area contributed by atoms with Gasteiger partial charge in [0.25, 0.3) is 0 Å². The van der Waals surface area contributed by atoms with Crippen molar-refractivity contribution in [1.82, 2.24) is 0 Å². The Kier molecular flexibility index (Phi) is 9.19. The molecule has 0 saturated carbocycles. The van der Waals surface area contributed by atoms with E-state index in [4.69, 9.17) is 0 Å². The van der Waals surface area contributed by atoms with Crippen LogP contribution in [0.5, 0.6) is 0 Å². The Labute approximate surface area is 307 Å². The molecule has 0 aromatic heterocycles. The molecule has 0 amide bonds. The zero-order valence-electron chi connectivity index (χ0n) is 29.5. The summed E-state index contributed by atoms with van der Waals surface area (Å²) in [5.74, 6) is 0. The van der Waals surface area contributed by atoms with Crippen molar-refractivity contribution in [3.8, 4) is 33.4 Å². The molecule has 8 aromatic rings. The standard InChI is InChI=1S/C50H40N2/c1-37-13-25-45(26-14-37)51(47-29-17-41(18-30-47)39-9-5-3-6-10-39)49-33-21-43(22-34-49)44-23-35-50(36-24-44)52(46-27-15-38(2)16-28-46)48-31-19-42(20-32-48)40-11-7-4-8-12-40/h3-36H,1-2H3. The van der Waals surface area contributed by atoms with E-state index < -0.39 is 0 Å². The molecule has 0 fully saturated rings. The van der Waals surface area contributed by atoms with Gasteiger partial charge in [0.1, 0.15) is 0 Å². The second kappa shape index (κ2) is 14.7. The summed E-state index contributed by atoms with van der Waals surface area (Å²) in [7, 11) is 0. The number of aryl methyl sites for hydroxylation is 2. The fraction of sp³-hybridized carbons (Fsp3) is 0.0400. The van der Waals surface area contributed by atoms with Crippen LogP contribution in [0.2, 0.25) is 0 Å². The van der Waals surface area contributed by atoms with Gasteiger partial charge in [-0.25, -0.2) is 0 Å². The molecule has 0 aliphatic heterocycles. The third kappa shape index (κ3) is 7.01. The molecular weight excluding hydrogens is 629 g/mol. The highest BCUT2D eigenvalue weighted by atomic mass is 15.1. The van der Waals surface area contributed by atoms with Crippen molar-refractivity contribution in [2.45, 2.75) is 13.8 Å². The fourth-order valence-electron chi connectivity index (χ4n) is 6.76. The summed E-state index contributed by atoms with van der Waals surface area (Å²) < 4.78 is 0. The van der Waals surface area contributed by atoms with Crippen molar-refractivity contribution in [3.63, 3.8) is 0 Å². The van der Waals surface area contributed by atoms with E-state index in [-0.39, 0.29) is 0 Å². The van der Waals surface area contributed by atoms with Crippen molar-refractivity contribution in [1.29, 1.82) is 0 Å². The molecule has 2 heteroatoms. The predicted molar refractivity (Wildman–Crippen MR) is 222 cm³/mol. The molecule has 0 bridgehead atoms. The molecular formula is C50H40N2. The largest absolute Gasteiger partial charge is 0.311 e. The van der Waals surface area contributed by atoms with Gasteiger partial charge in [0.15, 0.2) is 0 Å². The van der Waals surface area contributed by atoms with Gasteiger partial charge in [-0.3, -0.25) is 0 Å². The Morgan fingerprint density at radius 2 is 0.404 bits per heavy atom. The Hall–Kier alpha value is -6.64. The predicted octanol–water partition coefficient (Wildman–Crippen LogP) is 14.2. The molecule has 8 aromatic carbocycles. The SMILES string of the molecule is Cc1ccc(N(c2ccc(-c3ccccc3)cc2)c2ccc(-c3ccc(N(c4ccc(C)cc4)c4ccc(-c5ccccc5)cc4)cc3)cc2)cc1. The van der Waals surface area contributed by atoms with Gasteiger partial charge in [-0.2, -0.15) is 0 Å². The molecule has 2 nitrogen and oxygen atoms in total. The molecule has 8 rings (SSSR count). The number of hydrogen-bond donors (Lipinski definition) is 0. The average Bonchev–Trinajstić information content (AvgIpc) is 3.21. The smallest absolute Gasteiger partial charge is 0.0462 e. The van der Waals surface area contributed by atoms with Gasteiger partial charge in [-0.1, -0.05) is 145 Å². The quantitative estimate of drug-likeness (QED) is 0.151. The van der Waals surface area contributed by atoms with Crippen LogP contribution in [0.3, 0.4) is 0 Å². The highest BCUT2D eigenvalue weighted by Gasteiger charge is 2.15. The number of anilines is 6. The molecule has 0 unspecified atom stereocenters. The number of nitrogens with zero attached hydrogens (tertiary/aromatic N) is 2. The minimum atomic E-state index is 1.11. The maximum Gasteiger partial charge on any atom is 0.0462 e. The van der Waals surface area contributed by atoms with E-state index >= 15 is 0 Å². The lowest BCUT2D eigenvalue weighted by atomic mass is 10.0. The summed E-state index contributed by atoms with van der Waals surface area (Å²) >= 11 is 0. The van der Waals surface area contributed by atoms with Gasteiger partial charge in [-0.15, -0.1) is 0 Å². The average molecular weight is 669 g/mol. The lowest BCUT2D eigenvalue weighted by Gasteiger charge is -2.26. The molecule has 0 saturated heterocycles. The Bertz CT molecular complexity index is 2170. The highest BCUT2D eigenvalue weighted by molar-refractivity contribution is 5.82. The summed E-state index contributed by atoms with van der Waals surface area (Å²) in [6.45, 7) is 4.26. The van der Waals surface area contributed by atoms with E-state index in [0.29, 0.717) is 0 Å². The van der Waals surface area contributed by atoms with Gasteiger partial charge in [-0.05, 0) is 120 Å². The van der Waals surface area contributed by atoms with Crippen LogP contribution >= 0.6 is 0 Å². The summed E-state index contributed by atoms with van der Waals surface area (Å²) in [4.78, 5) is 4.65. The van der Waals surface area contributed by atoms with Crippen molar-refractivity contribution >= 4 is 34.1 Å². The first-order valence-electron chi connectivity index (χ1n) is 17.8. The minimum absolute atomic E-state index is 1.11. The number of benzene rings is 8.